The summed E-state index contributed by atoms with van der Waals surface area (Å²) in [4.78, 5) is 0. The Hall–Kier alpha value is -1.96. The van der Waals surface area contributed by atoms with Crippen LogP contribution in [0.1, 0.15) is 12.0 Å². The number of rotatable bonds is 1. The Morgan fingerprint density at radius 3 is 1.88 bits per heavy atom. The lowest BCUT2D eigenvalue weighted by molar-refractivity contribution is 0.151. The molecule has 0 N–H and O–H groups in total. The molecular formula is C15H10F2. The number of benzene rings is 3. The topological polar surface area (TPSA) is 0 Å². The van der Waals surface area contributed by atoms with Crippen molar-refractivity contribution in [3.8, 4) is 0 Å². The average Bonchev–Trinajstić information content (AvgIpc) is 2.35. The van der Waals surface area contributed by atoms with Gasteiger partial charge in [-0.1, -0.05) is 36.4 Å². The van der Waals surface area contributed by atoms with Gasteiger partial charge in [-0.25, -0.2) is 8.78 Å². The van der Waals surface area contributed by atoms with Gasteiger partial charge in [0.15, 0.2) is 0 Å². The van der Waals surface area contributed by atoms with Crippen LogP contribution >= 0.6 is 0 Å². The fraction of sp³-hybridized carbons (Fsp3) is 0.0667. The highest BCUT2D eigenvalue weighted by Crippen LogP contribution is 2.27. The molecule has 0 unspecified atom stereocenters. The maximum Gasteiger partial charge on any atom is 0.263 e. The molecule has 0 heterocycles. The Morgan fingerprint density at radius 2 is 1.24 bits per heavy atom. The molecule has 0 aliphatic heterocycles. The number of halogens is 2. The van der Waals surface area contributed by atoms with E-state index < -0.39 is 6.43 Å². The van der Waals surface area contributed by atoms with Crippen LogP contribution in [0.3, 0.4) is 0 Å². The average molecular weight is 228 g/mol. The highest BCUT2D eigenvalue weighted by atomic mass is 19.3. The zero-order valence-corrected chi connectivity index (χ0v) is 9.03. The minimum absolute atomic E-state index is 0.0766. The second-order valence-electron chi connectivity index (χ2n) is 4.11. The quantitative estimate of drug-likeness (QED) is 0.518. The van der Waals surface area contributed by atoms with Crippen molar-refractivity contribution in [1.82, 2.24) is 0 Å². The molecule has 3 aromatic carbocycles. The summed E-state index contributed by atoms with van der Waals surface area (Å²) in [5.41, 5.74) is 0.0766. The molecule has 17 heavy (non-hydrogen) atoms. The predicted molar refractivity (Wildman–Crippen MR) is 66.4 cm³/mol. The molecule has 0 atom stereocenters. The number of hydrogen-bond donors (Lipinski definition) is 0. The molecule has 84 valence electrons. The maximum absolute atomic E-state index is 12.6. The fourth-order valence-electron chi connectivity index (χ4n) is 2.09. The molecule has 0 aromatic heterocycles. The molecule has 0 nitrogen and oxygen atoms in total. The van der Waals surface area contributed by atoms with Gasteiger partial charge in [0.05, 0.1) is 0 Å². The summed E-state index contributed by atoms with van der Waals surface area (Å²) < 4.78 is 25.2. The molecule has 0 spiro atoms. The van der Waals surface area contributed by atoms with Gasteiger partial charge >= 0.3 is 0 Å². The van der Waals surface area contributed by atoms with E-state index in [9.17, 15) is 8.78 Å². The van der Waals surface area contributed by atoms with Crippen molar-refractivity contribution in [2.45, 2.75) is 6.43 Å². The first-order valence-corrected chi connectivity index (χ1v) is 5.45. The van der Waals surface area contributed by atoms with E-state index in [-0.39, 0.29) is 5.56 Å². The first-order valence-electron chi connectivity index (χ1n) is 5.45. The van der Waals surface area contributed by atoms with E-state index in [0.717, 1.165) is 21.5 Å². The number of hydrogen-bond acceptors (Lipinski definition) is 0. The molecule has 2 heteroatoms. The first kappa shape index (κ1) is 10.2. The number of alkyl halides is 2. The minimum atomic E-state index is -2.41. The van der Waals surface area contributed by atoms with Crippen molar-refractivity contribution in [3.63, 3.8) is 0 Å². The van der Waals surface area contributed by atoms with E-state index in [4.69, 9.17) is 0 Å². The van der Waals surface area contributed by atoms with Crippen molar-refractivity contribution in [3.05, 3.63) is 60.2 Å². The van der Waals surface area contributed by atoms with E-state index in [0.29, 0.717) is 0 Å². The summed E-state index contributed by atoms with van der Waals surface area (Å²) in [7, 11) is 0. The summed E-state index contributed by atoms with van der Waals surface area (Å²) >= 11 is 0. The van der Waals surface area contributed by atoms with Crippen molar-refractivity contribution in [1.29, 1.82) is 0 Å². The summed E-state index contributed by atoms with van der Waals surface area (Å²) in [6.45, 7) is 0. The first-order chi connectivity index (χ1) is 8.24. The van der Waals surface area contributed by atoms with Crippen molar-refractivity contribution >= 4 is 21.5 Å². The van der Waals surface area contributed by atoms with Gasteiger partial charge in [0.25, 0.3) is 6.43 Å². The standard InChI is InChI=1S/C15H10F2/c16-15(17)13-6-5-12-7-10-3-1-2-4-11(10)8-14(12)9-13/h1-9,15H. The fourth-order valence-corrected chi connectivity index (χ4v) is 2.09. The van der Waals surface area contributed by atoms with Gasteiger partial charge in [-0.05, 0) is 39.7 Å². The van der Waals surface area contributed by atoms with Gasteiger partial charge in [-0.3, -0.25) is 0 Å². The third kappa shape index (κ3) is 1.76. The minimum Gasteiger partial charge on any atom is -0.205 e. The Morgan fingerprint density at radius 1 is 0.647 bits per heavy atom. The summed E-state index contributed by atoms with van der Waals surface area (Å²) in [5, 5.41) is 4.06. The Kier molecular flexibility index (Phi) is 2.29. The van der Waals surface area contributed by atoms with Crippen molar-refractivity contribution in [2.24, 2.45) is 0 Å². The Labute approximate surface area is 97.5 Å². The normalized spacial score (nSPS) is 11.5. The molecule has 0 bridgehead atoms. The van der Waals surface area contributed by atoms with Crippen LogP contribution in [-0.4, -0.2) is 0 Å². The highest BCUT2D eigenvalue weighted by molar-refractivity contribution is 5.98. The zero-order chi connectivity index (χ0) is 11.8. The van der Waals surface area contributed by atoms with Crippen molar-refractivity contribution in [2.75, 3.05) is 0 Å². The van der Waals surface area contributed by atoms with E-state index >= 15 is 0 Å². The largest absolute Gasteiger partial charge is 0.263 e. The van der Waals surface area contributed by atoms with Gasteiger partial charge in [0.2, 0.25) is 0 Å². The van der Waals surface area contributed by atoms with E-state index in [1.807, 2.05) is 36.4 Å². The molecule has 0 aliphatic carbocycles. The number of fused-ring (bicyclic) bond motifs is 2. The van der Waals surface area contributed by atoms with Crippen LogP contribution in [0.2, 0.25) is 0 Å². The lowest BCUT2D eigenvalue weighted by Gasteiger charge is -2.05. The summed E-state index contributed by atoms with van der Waals surface area (Å²) in [5.74, 6) is 0. The van der Waals surface area contributed by atoms with Crippen LogP contribution in [0.5, 0.6) is 0 Å². The third-order valence-corrected chi connectivity index (χ3v) is 2.98. The molecule has 0 aliphatic rings. The Bertz CT molecular complexity index is 687. The van der Waals surface area contributed by atoms with Crippen LogP contribution in [0.4, 0.5) is 8.78 Å². The SMILES string of the molecule is FC(F)c1ccc2cc3ccccc3cc2c1. The van der Waals surface area contributed by atoms with Crippen LogP contribution in [0, 0.1) is 0 Å². The van der Waals surface area contributed by atoms with Crippen molar-refractivity contribution < 1.29 is 8.78 Å². The third-order valence-electron chi connectivity index (χ3n) is 2.98. The Balaban J connectivity index is 2.32. The monoisotopic (exact) mass is 228 g/mol. The molecule has 0 amide bonds. The lowest BCUT2D eigenvalue weighted by Crippen LogP contribution is -1.84. The lowest BCUT2D eigenvalue weighted by atomic mass is 10.0. The maximum atomic E-state index is 12.6. The second kappa shape index (κ2) is 3.81. The van der Waals surface area contributed by atoms with E-state index in [2.05, 4.69) is 0 Å². The molecule has 0 radical (unpaired) electrons. The summed E-state index contributed by atoms with van der Waals surface area (Å²) in [6, 6.07) is 16.7. The van der Waals surface area contributed by atoms with Crippen LogP contribution in [0.15, 0.2) is 54.6 Å². The predicted octanol–water partition coefficient (Wildman–Crippen LogP) is 4.93. The zero-order valence-electron chi connectivity index (χ0n) is 9.03. The summed E-state index contributed by atoms with van der Waals surface area (Å²) in [6.07, 6.45) is -2.41. The van der Waals surface area contributed by atoms with Gasteiger partial charge in [0.1, 0.15) is 0 Å². The van der Waals surface area contributed by atoms with Gasteiger partial charge in [0, 0.05) is 5.56 Å². The van der Waals surface area contributed by atoms with Crippen LogP contribution in [0.25, 0.3) is 21.5 Å². The second-order valence-corrected chi connectivity index (χ2v) is 4.11. The molecule has 0 saturated heterocycles. The molecule has 3 aromatic rings. The molecular weight excluding hydrogens is 218 g/mol. The van der Waals surface area contributed by atoms with Crippen LogP contribution in [-0.2, 0) is 0 Å². The highest BCUT2D eigenvalue weighted by Gasteiger charge is 2.07. The molecule has 0 fully saturated rings. The van der Waals surface area contributed by atoms with E-state index in [1.165, 1.54) is 6.07 Å². The van der Waals surface area contributed by atoms with Gasteiger partial charge in [-0.15, -0.1) is 0 Å². The molecule has 3 rings (SSSR count). The van der Waals surface area contributed by atoms with Crippen LogP contribution < -0.4 is 0 Å². The molecule has 0 saturated carbocycles. The van der Waals surface area contributed by atoms with Gasteiger partial charge in [-0.2, -0.15) is 0 Å². The smallest absolute Gasteiger partial charge is 0.205 e. The van der Waals surface area contributed by atoms with E-state index in [1.54, 1.807) is 12.1 Å². The van der Waals surface area contributed by atoms with Gasteiger partial charge < -0.3 is 0 Å².